The molecular formula is C20H26N6O2S. The Morgan fingerprint density at radius 1 is 1.14 bits per heavy atom. The van der Waals surface area contributed by atoms with Gasteiger partial charge in [-0.25, -0.2) is 0 Å². The van der Waals surface area contributed by atoms with E-state index in [4.69, 9.17) is 4.74 Å². The third-order valence-corrected chi connectivity index (χ3v) is 5.24. The van der Waals surface area contributed by atoms with Crippen LogP contribution in [0.3, 0.4) is 0 Å². The van der Waals surface area contributed by atoms with Crippen LogP contribution < -0.4 is 10.1 Å². The van der Waals surface area contributed by atoms with Crippen molar-refractivity contribution in [3.63, 3.8) is 0 Å². The highest BCUT2D eigenvalue weighted by Crippen LogP contribution is 2.30. The van der Waals surface area contributed by atoms with Crippen LogP contribution in [0, 0.1) is 6.92 Å². The Hall–Kier alpha value is -2.81. The lowest BCUT2D eigenvalue weighted by atomic mass is 10.2. The second-order valence-electron chi connectivity index (χ2n) is 6.39. The molecule has 2 heterocycles. The monoisotopic (exact) mass is 414 g/mol. The molecule has 0 unspecified atom stereocenters. The minimum atomic E-state index is -0.0835. The van der Waals surface area contributed by atoms with Crippen LogP contribution in [-0.2, 0) is 17.9 Å². The van der Waals surface area contributed by atoms with E-state index in [1.54, 1.807) is 0 Å². The molecule has 0 saturated heterocycles. The highest BCUT2D eigenvalue weighted by Gasteiger charge is 2.20. The van der Waals surface area contributed by atoms with Crippen molar-refractivity contribution in [1.29, 1.82) is 0 Å². The first-order valence-electron chi connectivity index (χ1n) is 9.68. The largest absolute Gasteiger partial charge is 0.476 e. The van der Waals surface area contributed by atoms with E-state index in [1.165, 1.54) is 11.8 Å². The van der Waals surface area contributed by atoms with Crippen molar-refractivity contribution >= 4 is 23.4 Å². The van der Waals surface area contributed by atoms with Crippen LogP contribution in [0.4, 0.5) is 5.69 Å². The van der Waals surface area contributed by atoms with Crippen molar-refractivity contribution in [1.82, 2.24) is 24.5 Å². The van der Waals surface area contributed by atoms with Crippen LogP contribution in [0.25, 0.3) is 11.4 Å². The van der Waals surface area contributed by atoms with Gasteiger partial charge >= 0.3 is 0 Å². The van der Waals surface area contributed by atoms with Crippen LogP contribution in [-0.4, -0.2) is 42.8 Å². The molecule has 3 aromatic rings. The summed E-state index contributed by atoms with van der Waals surface area (Å²) in [5.74, 6) is 1.40. The molecule has 0 aliphatic heterocycles. The molecule has 0 aliphatic rings. The molecule has 154 valence electrons. The van der Waals surface area contributed by atoms with Gasteiger partial charge in [0.2, 0.25) is 11.8 Å². The van der Waals surface area contributed by atoms with E-state index in [2.05, 4.69) is 20.6 Å². The summed E-state index contributed by atoms with van der Waals surface area (Å²) in [4.78, 5) is 12.3. The van der Waals surface area contributed by atoms with Gasteiger partial charge in [0.05, 0.1) is 12.4 Å². The van der Waals surface area contributed by atoms with Gasteiger partial charge in [-0.05, 0) is 39.8 Å². The molecule has 0 bridgehead atoms. The predicted molar refractivity (Wildman–Crippen MR) is 114 cm³/mol. The number of nitrogens with one attached hydrogen (secondary N) is 1. The molecule has 1 aromatic carbocycles. The number of anilines is 1. The second-order valence-corrected chi connectivity index (χ2v) is 7.33. The molecule has 0 fully saturated rings. The number of aryl methyl sites for hydroxylation is 2. The van der Waals surface area contributed by atoms with E-state index in [-0.39, 0.29) is 11.7 Å². The number of carbonyl (C=O) groups excluding carboxylic acids is 1. The Morgan fingerprint density at radius 2 is 1.90 bits per heavy atom. The first-order chi connectivity index (χ1) is 14.0. The number of thioether (sulfide) groups is 1. The molecule has 3 rings (SSSR count). The lowest BCUT2D eigenvalue weighted by molar-refractivity contribution is -0.113. The molecule has 0 spiro atoms. The zero-order valence-corrected chi connectivity index (χ0v) is 18.0. The summed E-state index contributed by atoms with van der Waals surface area (Å²) >= 11 is 1.36. The van der Waals surface area contributed by atoms with Gasteiger partial charge in [0.1, 0.15) is 5.56 Å². The van der Waals surface area contributed by atoms with E-state index in [0.717, 1.165) is 23.4 Å². The lowest BCUT2D eigenvalue weighted by Crippen LogP contribution is -2.14. The summed E-state index contributed by atoms with van der Waals surface area (Å²) in [6, 6.07) is 7.72. The van der Waals surface area contributed by atoms with Gasteiger partial charge in [0.25, 0.3) is 0 Å². The molecule has 2 aromatic heterocycles. The first-order valence-corrected chi connectivity index (χ1v) is 10.7. The molecule has 8 nitrogen and oxygen atoms in total. The van der Waals surface area contributed by atoms with Gasteiger partial charge in [0, 0.05) is 25.0 Å². The Bertz CT molecular complexity index is 964. The number of rotatable bonds is 9. The van der Waals surface area contributed by atoms with Gasteiger partial charge in [-0.15, -0.1) is 15.3 Å². The molecule has 0 aliphatic carbocycles. The van der Waals surface area contributed by atoms with Gasteiger partial charge in [0.15, 0.2) is 11.0 Å². The predicted octanol–water partition coefficient (Wildman–Crippen LogP) is 3.62. The molecule has 0 radical (unpaired) electrons. The van der Waals surface area contributed by atoms with E-state index in [9.17, 15) is 4.79 Å². The fourth-order valence-electron chi connectivity index (χ4n) is 2.81. The van der Waals surface area contributed by atoms with Crippen molar-refractivity contribution in [3.8, 4) is 17.3 Å². The Kier molecular flexibility index (Phi) is 6.92. The molecule has 1 N–H and O–H groups in total. The molecule has 0 saturated carbocycles. The smallest absolute Gasteiger partial charge is 0.243 e. The number of hydrogen-bond acceptors (Lipinski definition) is 6. The SMILES string of the molecule is CCOc1nn(CC)cc1-c1nnc(SCC(=O)Nc2ccc(C)cc2)n1CC. The Labute approximate surface area is 174 Å². The van der Waals surface area contributed by atoms with Gasteiger partial charge in [-0.3, -0.25) is 9.48 Å². The van der Waals surface area contributed by atoms with Crippen LogP contribution in [0.2, 0.25) is 0 Å². The van der Waals surface area contributed by atoms with Gasteiger partial charge in [-0.2, -0.15) is 0 Å². The third kappa shape index (κ3) is 4.97. The number of carbonyl (C=O) groups is 1. The number of aromatic nitrogens is 5. The average molecular weight is 415 g/mol. The highest BCUT2D eigenvalue weighted by molar-refractivity contribution is 7.99. The number of hydrogen-bond donors (Lipinski definition) is 1. The topological polar surface area (TPSA) is 86.9 Å². The van der Waals surface area contributed by atoms with E-state index in [1.807, 2.05) is 67.4 Å². The van der Waals surface area contributed by atoms with E-state index >= 15 is 0 Å². The van der Waals surface area contributed by atoms with Crippen molar-refractivity contribution in [2.45, 2.75) is 45.9 Å². The second kappa shape index (κ2) is 9.60. The fourth-order valence-corrected chi connectivity index (χ4v) is 3.61. The Morgan fingerprint density at radius 3 is 2.55 bits per heavy atom. The number of nitrogens with zero attached hydrogens (tertiary/aromatic N) is 5. The maximum atomic E-state index is 12.3. The summed E-state index contributed by atoms with van der Waals surface area (Å²) in [6.07, 6.45) is 1.92. The molecule has 1 amide bonds. The Balaban J connectivity index is 1.73. The number of benzene rings is 1. The highest BCUT2D eigenvalue weighted by atomic mass is 32.2. The zero-order valence-electron chi connectivity index (χ0n) is 17.2. The first kappa shape index (κ1) is 20.9. The van der Waals surface area contributed by atoms with Crippen molar-refractivity contribution < 1.29 is 9.53 Å². The third-order valence-electron chi connectivity index (χ3n) is 4.27. The summed E-state index contributed by atoms with van der Waals surface area (Å²) in [5, 5.41) is 16.7. The summed E-state index contributed by atoms with van der Waals surface area (Å²) in [5.41, 5.74) is 2.74. The minimum Gasteiger partial charge on any atom is -0.476 e. The van der Waals surface area contributed by atoms with E-state index < -0.39 is 0 Å². The van der Waals surface area contributed by atoms with Crippen molar-refractivity contribution in [3.05, 3.63) is 36.0 Å². The maximum absolute atomic E-state index is 12.3. The van der Waals surface area contributed by atoms with Gasteiger partial charge in [-0.1, -0.05) is 29.5 Å². The number of ether oxygens (including phenoxy) is 1. The van der Waals surface area contributed by atoms with Crippen LogP contribution in [0.15, 0.2) is 35.6 Å². The quantitative estimate of drug-likeness (QED) is 0.538. The fraction of sp³-hybridized carbons (Fsp3) is 0.400. The summed E-state index contributed by atoms with van der Waals surface area (Å²) in [6.45, 7) is 9.91. The van der Waals surface area contributed by atoms with Crippen molar-refractivity contribution in [2.24, 2.45) is 0 Å². The maximum Gasteiger partial charge on any atom is 0.243 e. The molecule has 9 heteroatoms. The molecular weight excluding hydrogens is 388 g/mol. The minimum absolute atomic E-state index is 0.0835. The normalized spacial score (nSPS) is 10.9. The van der Waals surface area contributed by atoms with Crippen LogP contribution >= 0.6 is 11.8 Å². The molecule has 0 atom stereocenters. The molecule has 29 heavy (non-hydrogen) atoms. The van der Waals surface area contributed by atoms with Crippen molar-refractivity contribution in [2.75, 3.05) is 17.7 Å². The van der Waals surface area contributed by atoms with Crippen LogP contribution in [0.5, 0.6) is 5.88 Å². The number of amides is 1. The van der Waals surface area contributed by atoms with E-state index in [0.29, 0.717) is 30.0 Å². The average Bonchev–Trinajstić information content (AvgIpc) is 3.31. The summed E-state index contributed by atoms with van der Waals surface area (Å²) < 4.78 is 9.46. The lowest BCUT2D eigenvalue weighted by Gasteiger charge is -2.08. The van der Waals surface area contributed by atoms with Crippen LogP contribution in [0.1, 0.15) is 26.3 Å². The summed E-state index contributed by atoms with van der Waals surface area (Å²) in [7, 11) is 0. The standard InChI is InChI=1S/C20H26N6O2S/c1-5-25-12-16(19(24-25)28-7-3)18-22-23-20(26(18)6-2)29-13-17(27)21-15-10-8-14(4)9-11-15/h8-12H,5-7,13H2,1-4H3,(H,21,27). The zero-order chi connectivity index (χ0) is 20.8. The van der Waals surface area contributed by atoms with Gasteiger partial charge < -0.3 is 14.6 Å².